The van der Waals surface area contributed by atoms with Gasteiger partial charge in [0.15, 0.2) is 0 Å². The molecule has 2 N–H and O–H groups in total. The molecule has 0 aliphatic heterocycles. The molecule has 1 atom stereocenters. The first kappa shape index (κ1) is 12.8. The molecule has 6 heteroatoms. The minimum atomic E-state index is -5.05. The van der Waals surface area contributed by atoms with Crippen LogP contribution in [0.25, 0.3) is 0 Å². The lowest BCUT2D eigenvalue weighted by molar-refractivity contribution is -0.231. The van der Waals surface area contributed by atoms with E-state index in [0.29, 0.717) is 0 Å². The summed E-state index contributed by atoms with van der Waals surface area (Å²) >= 11 is 0. The molecule has 0 fully saturated rings. The van der Waals surface area contributed by atoms with Gasteiger partial charge in [0.05, 0.1) is 7.11 Å². The predicted octanol–water partition coefficient (Wildman–Crippen LogP) is 2.38. The summed E-state index contributed by atoms with van der Waals surface area (Å²) in [6.45, 7) is -1.16. The van der Waals surface area contributed by atoms with E-state index >= 15 is 0 Å². The van der Waals surface area contributed by atoms with Gasteiger partial charge in [0, 0.05) is 12.1 Å². The number of hydrogen-bond acceptors (Lipinski definition) is 2. The number of nitrogens with two attached hydrogens (primary N) is 1. The van der Waals surface area contributed by atoms with Crippen molar-refractivity contribution in [1.29, 1.82) is 0 Å². The fourth-order valence-electron chi connectivity index (χ4n) is 1.27. The Morgan fingerprint density at radius 2 is 1.88 bits per heavy atom. The molecule has 1 unspecified atom stereocenters. The maximum absolute atomic E-state index is 13.8. The second kappa shape index (κ2) is 4.29. The molecule has 1 aromatic rings. The highest BCUT2D eigenvalue weighted by atomic mass is 19.4. The van der Waals surface area contributed by atoms with Crippen LogP contribution in [-0.4, -0.2) is 19.8 Å². The van der Waals surface area contributed by atoms with Crippen molar-refractivity contribution < 1.29 is 22.3 Å². The summed E-state index contributed by atoms with van der Waals surface area (Å²) in [6.07, 6.45) is -5.05. The highest BCUT2D eigenvalue weighted by Gasteiger charge is 2.56. The Morgan fingerprint density at radius 3 is 2.31 bits per heavy atom. The molecular formula is C10H11F4NO. The molecule has 1 aromatic carbocycles. The number of hydrogen-bond donors (Lipinski definition) is 1. The summed E-state index contributed by atoms with van der Waals surface area (Å²) in [5.74, 6) is 0.150. The quantitative estimate of drug-likeness (QED) is 0.819. The molecule has 0 aromatic heterocycles. The molecule has 0 amide bonds. The van der Waals surface area contributed by atoms with Crippen LogP contribution in [0.5, 0.6) is 5.75 Å². The molecule has 0 aliphatic carbocycles. The van der Waals surface area contributed by atoms with Crippen LogP contribution in [0, 0.1) is 0 Å². The van der Waals surface area contributed by atoms with E-state index in [0.717, 1.165) is 12.1 Å². The summed E-state index contributed by atoms with van der Waals surface area (Å²) in [5.41, 5.74) is 0.787. The molecule has 1 rings (SSSR count). The van der Waals surface area contributed by atoms with Crippen LogP contribution in [0.4, 0.5) is 17.6 Å². The van der Waals surface area contributed by atoms with Crippen molar-refractivity contribution in [3.63, 3.8) is 0 Å². The molecule has 0 saturated carbocycles. The monoisotopic (exact) mass is 237 g/mol. The van der Waals surface area contributed by atoms with E-state index in [-0.39, 0.29) is 5.75 Å². The lowest BCUT2D eigenvalue weighted by Crippen LogP contribution is -2.44. The molecule has 16 heavy (non-hydrogen) atoms. The van der Waals surface area contributed by atoms with Crippen molar-refractivity contribution in [2.75, 3.05) is 13.7 Å². The van der Waals surface area contributed by atoms with Gasteiger partial charge in [-0.15, -0.1) is 0 Å². The summed E-state index contributed by atoms with van der Waals surface area (Å²) in [6, 6.07) is 4.73. The maximum Gasteiger partial charge on any atom is 0.428 e. The van der Waals surface area contributed by atoms with E-state index in [1.165, 1.54) is 19.2 Å². The number of methoxy groups -OCH3 is 1. The molecule has 0 radical (unpaired) electrons. The number of halogens is 4. The highest BCUT2D eigenvalue weighted by Crippen LogP contribution is 2.42. The Kier molecular flexibility index (Phi) is 3.42. The van der Waals surface area contributed by atoms with E-state index in [4.69, 9.17) is 10.5 Å². The molecule has 2 nitrogen and oxygen atoms in total. The summed E-state index contributed by atoms with van der Waals surface area (Å²) in [7, 11) is 1.29. The van der Waals surface area contributed by atoms with Gasteiger partial charge in [-0.05, 0) is 12.1 Å². The smallest absolute Gasteiger partial charge is 0.428 e. The van der Waals surface area contributed by atoms with E-state index < -0.39 is 24.0 Å². The lowest BCUT2D eigenvalue weighted by Gasteiger charge is -2.27. The van der Waals surface area contributed by atoms with Crippen molar-refractivity contribution in [2.45, 2.75) is 11.8 Å². The molecule has 0 aliphatic rings. The van der Waals surface area contributed by atoms with Crippen LogP contribution in [0.2, 0.25) is 0 Å². The standard InChI is InChI=1S/C10H11F4NO/c1-16-8-4-2-3-7(5-8)9(11,6-15)10(12,13)14/h2-5H,6,15H2,1H3. The average Bonchev–Trinajstić information content (AvgIpc) is 2.26. The van der Waals surface area contributed by atoms with Crippen LogP contribution in [0.1, 0.15) is 5.56 Å². The molecule has 90 valence electrons. The first-order chi connectivity index (χ1) is 7.35. The van der Waals surface area contributed by atoms with Crippen molar-refractivity contribution in [1.82, 2.24) is 0 Å². The summed E-state index contributed by atoms with van der Waals surface area (Å²) in [5, 5.41) is 0. The molecule has 0 saturated heterocycles. The van der Waals surface area contributed by atoms with Gasteiger partial charge < -0.3 is 10.5 Å². The molecule has 0 spiro atoms. The van der Waals surface area contributed by atoms with Gasteiger partial charge in [0.25, 0.3) is 0 Å². The van der Waals surface area contributed by atoms with Crippen LogP contribution in [0.15, 0.2) is 24.3 Å². The molecular weight excluding hydrogens is 226 g/mol. The van der Waals surface area contributed by atoms with Crippen LogP contribution >= 0.6 is 0 Å². The first-order valence-electron chi connectivity index (χ1n) is 4.45. The maximum atomic E-state index is 13.8. The van der Waals surface area contributed by atoms with Crippen molar-refractivity contribution in [2.24, 2.45) is 5.73 Å². The van der Waals surface area contributed by atoms with E-state index in [2.05, 4.69) is 0 Å². The Bertz CT molecular complexity index is 366. The van der Waals surface area contributed by atoms with Crippen molar-refractivity contribution in [3.05, 3.63) is 29.8 Å². The number of rotatable bonds is 3. The zero-order chi connectivity index (χ0) is 12.4. The van der Waals surface area contributed by atoms with Crippen LogP contribution in [0.3, 0.4) is 0 Å². The third kappa shape index (κ3) is 2.11. The highest BCUT2D eigenvalue weighted by molar-refractivity contribution is 5.33. The minimum absolute atomic E-state index is 0.150. The van der Waals surface area contributed by atoms with Crippen LogP contribution in [-0.2, 0) is 5.67 Å². The van der Waals surface area contributed by atoms with Crippen molar-refractivity contribution >= 4 is 0 Å². The van der Waals surface area contributed by atoms with Gasteiger partial charge in [-0.25, -0.2) is 4.39 Å². The minimum Gasteiger partial charge on any atom is -0.497 e. The summed E-state index contributed by atoms with van der Waals surface area (Å²) in [4.78, 5) is 0. The average molecular weight is 237 g/mol. The van der Waals surface area contributed by atoms with Gasteiger partial charge in [0.2, 0.25) is 5.67 Å². The Hall–Kier alpha value is -1.30. The Balaban J connectivity index is 3.23. The Morgan fingerprint density at radius 1 is 1.25 bits per heavy atom. The van der Waals surface area contributed by atoms with E-state index in [1.54, 1.807) is 0 Å². The second-order valence-electron chi connectivity index (χ2n) is 3.24. The fourth-order valence-corrected chi connectivity index (χ4v) is 1.27. The molecule has 0 heterocycles. The van der Waals surface area contributed by atoms with Gasteiger partial charge in [-0.2, -0.15) is 13.2 Å². The second-order valence-corrected chi connectivity index (χ2v) is 3.24. The predicted molar refractivity (Wildman–Crippen MR) is 50.9 cm³/mol. The number of benzene rings is 1. The van der Waals surface area contributed by atoms with Gasteiger partial charge >= 0.3 is 6.18 Å². The largest absolute Gasteiger partial charge is 0.497 e. The number of alkyl halides is 4. The third-order valence-corrected chi connectivity index (χ3v) is 2.26. The SMILES string of the molecule is COc1cccc(C(F)(CN)C(F)(F)F)c1. The van der Waals surface area contributed by atoms with E-state index in [9.17, 15) is 17.6 Å². The van der Waals surface area contributed by atoms with Gasteiger partial charge in [0.1, 0.15) is 5.75 Å². The van der Waals surface area contributed by atoms with Crippen molar-refractivity contribution in [3.8, 4) is 5.75 Å². The zero-order valence-corrected chi connectivity index (χ0v) is 8.51. The van der Waals surface area contributed by atoms with Gasteiger partial charge in [-0.1, -0.05) is 12.1 Å². The normalized spacial score (nSPS) is 15.6. The number of ether oxygens (including phenoxy) is 1. The lowest BCUT2D eigenvalue weighted by atomic mass is 9.95. The topological polar surface area (TPSA) is 35.2 Å². The summed E-state index contributed by atoms with van der Waals surface area (Å²) < 4.78 is 56.1. The first-order valence-corrected chi connectivity index (χ1v) is 4.45. The molecule has 0 bridgehead atoms. The fraction of sp³-hybridized carbons (Fsp3) is 0.400. The zero-order valence-electron chi connectivity index (χ0n) is 8.51. The van der Waals surface area contributed by atoms with Gasteiger partial charge in [-0.3, -0.25) is 0 Å². The Labute approximate surface area is 90.0 Å². The third-order valence-electron chi connectivity index (χ3n) is 2.26. The van der Waals surface area contributed by atoms with E-state index in [1.807, 2.05) is 0 Å². The van der Waals surface area contributed by atoms with Crippen LogP contribution < -0.4 is 10.5 Å².